The maximum atomic E-state index is 11.6. The molecule has 2 atom stereocenters. The van der Waals surface area contributed by atoms with E-state index in [1.54, 1.807) is 0 Å². The predicted octanol–water partition coefficient (Wildman–Crippen LogP) is 3.48. The molecule has 1 heterocycles. The van der Waals surface area contributed by atoms with Crippen molar-refractivity contribution < 1.29 is 14.3 Å². The first kappa shape index (κ1) is 15.2. The number of allylic oxidation sites excluding steroid dienone is 2. The highest BCUT2D eigenvalue weighted by Gasteiger charge is 2.52. The van der Waals surface area contributed by atoms with Crippen molar-refractivity contribution in [1.29, 1.82) is 0 Å². The minimum Gasteiger partial charge on any atom is -0.462 e. The molecular weight excluding hydrogens is 228 g/mol. The van der Waals surface area contributed by atoms with Crippen LogP contribution in [-0.2, 0) is 14.3 Å². The molecule has 0 spiro atoms. The van der Waals surface area contributed by atoms with Crippen molar-refractivity contribution in [3.8, 4) is 0 Å². The summed E-state index contributed by atoms with van der Waals surface area (Å²) in [6, 6.07) is 0. The number of epoxide rings is 1. The van der Waals surface area contributed by atoms with Gasteiger partial charge < -0.3 is 9.47 Å². The summed E-state index contributed by atoms with van der Waals surface area (Å²) in [6.45, 7) is 12.2. The summed E-state index contributed by atoms with van der Waals surface area (Å²) in [4.78, 5) is 11.6. The first-order chi connectivity index (χ1) is 8.15. The summed E-state index contributed by atoms with van der Waals surface area (Å²) in [5.74, 6) is -0.162. The monoisotopic (exact) mass is 254 g/mol. The van der Waals surface area contributed by atoms with Crippen molar-refractivity contribution in [1.82, 2.24) is 0 Å². The Labute approximate surface area is 111 Å². The second-order valence-corrected chi connectivity index (χ2v) is 6.59. The molecule has 0 aromatic rings. The molecule has 0 bridgehead atoms. The fourth-order valence-electron chi connectivity index (χ4n) is 1.74. The number of carbonyl (C=O) groups excluding carboxylic acids is 1. The maximum absolute atomic E-state index is 11.6. The van der Waals surface area contributed by atoms with Crippen LogP contribution < -0.4 is 0 Å². The molecule has 0 aromatic carbocycles. The number of esters is 1. The van der Waals surface area contributed by atoms with Crippen molar-refractivity contribution in [2.75, 3.05) is 6.61 Å². The van der Waals surface area contributed by atoms with Crippen molar-refractivity contribution in [3.63, 3.8) is 0 Å². The van der Waals surface area contributed by atoms with Gasteiger partial charge in [-0.25, -0.2) is 0 Å². The number of rotatable bonds is 5. The second kappa shape index (κ2) is 5.43. The molecular formula is C15H26O3. The van der Waals surface area contributed by atoms with E-state index in [0.717, 1.165) is 12.8 Å². The maximum Gasteiger partial charge on any atom is 0.311 e. The largest absolute Gasteiger partial charge is 0.462 e. The lowest BCUT2D eigenvalue weighted by atomic mass is 9.97. The van der Waals surface area contributed by atoms with Gasteiger partial charge in [0, 0.05) is 0 Å². The Morgan fingerprint density at radius 1 is 1.39 bits per heavy atom. The number of carbonyl (C=O) groups is 1. The number of hydrogen-bond acceptors (Lipinski definition) is 3. The van der Waals surface area contributed by atoms with Gasteiger partial charge in [0.25, 0.3) is 0 Å². The van der Waals surface area contributed by atoms with E-state index in [9.17, 15) is 4.79 Å². The SMILES string of the molecule is CC(C)=CCC[C@]1(C)O[C@@H]1COC(=O)C(C)(C)C. The predicted molar refractivity (Wildman–Crippen MR) is 72.4 cm³/mol. The standard InChI is InChI=1S/C15H26O3/c1-11(2)8-7-9-15(6)12(18-15)10-17-13(16)14(3,4)5/h8,12H,7,9-10H2,1-6H3/t12-,15+/m1/s1. The van der Waals surface area contributed by atoms with Crippen LogP contribution in [0, 0.1) is 5.41 Å². The van der Waals surface area contributed by atoms with Crippen molar-refractivity contribution >= 4 is 5.97 Å². The van der Waals surface area contributed by atoms with Crippen LogP contribution in [0.15, 0.2) is 11.6 Å². The van der Waals surface area contributed by atoms with E-state index in [1.165, 1.54) is 5.57 Å². The van der Waals surface area contributed by atoms with Crippen LogP contribution in [0.25, 0.3) is 0 Å². The van der Waals surface area contributed by atoms with E-state index in [1.807, 2.05) is 20.8 Å². The number of ether oxygens (including phenoxy) is 2. The van der Waals surface area contributed by atoms with Gasteiger partial charge >= 0.3 is 5.97 Å². The highest BCUT2D eigenvalue weighted by atomic mass is 16.6. The van der Waals surface area contributed by atoms with Crippen LogP contribution in [0.3, 0.4) is 0 Å². The molecule has 0 amide bonds. The third kappa shape index (κ3) is 4.45. The Hall–Kier alpha value is -0.830. The Kier molecular flexibility index (Phi) is 4.60. The summed E-state index contributed by atoms with van der Waals surface area (Å²) >= 11 is 0. The van der Waals surface area contributed by atoms with Crippen molar-refractivity contribution in [3.05, 3.63) is 11.6 Å². The van der Waals surface area contributed by atoms with E-state index >= 15 is 0 Å². The van der Waals surface area contributed by atoms with Crippen LogP contribution in [0.5, 0.6) is 0 Å². The molecule has 0 N–H and O–H groups in total. The summed E-state index contributed by atoms with van der Waals surface area (Å²) in [5.41, 5.74) is 0.784. The third-order valence-corrected chi connectivity index (χ3v) is 3.21. The molecule has 3 nitrogen and oxygen atoms in total. The molecule has 18 heavy (non-hydrogen) atoms. The van der Waals surface area contributed by atoms with E-state index in [4.69, 9.17) is 9.47 Å². The van der Waals surface area contributed by atoms with Crippen molar-refractivity contribution in [2.24, 2.45) is 5.41 Å². The van der Waals surface area contributed by atoms with Crippen LogP contribution in [0.1, 0.15) is 54.4 Å². The van der Waals surface area contributed by atoms with Gasteiger partial charge in [0.15, 0.2) is 0 Å². The van der Waals surface area contributed by atoms with Crippen LogP contribution in [-0.4, -0.2) is 24.3 Å². The van der Waals surface area contributed by atoms with E-state index in [-0.39, 0.29) is 17.7 Å². The van der Waals surface area contributed by atoms with Gasteiger partial charge in [-0.15, -0.1) is 0 Å². The van der Waals surface area contributed by atoms with E-state index < -0.39 is 5.41 Å². The first-order valence-electron chi connectivity index (χ1n) is 6.63. The van der Waals surface area contributed by atoms with Crippen LogP contribution >= 0.6 is 0 Å². The van der Waals surface area contributed by atoms with Gasteiger partial charge in [0.1, 0.15) is 12.7 Å². The number of hydrogen-bond donors (Lipinski definition) is 0. The Bertz CT molecular complexity index is 334. The summed E-state index contributed by atoms with van der Waals surface area (Å²) in [6.07, 6.45) is 4.28. The lowest BCUT2D eigenvalue weighted by Crippen LogP contribution is -2.26. The quantitative estimate of drug-likeness (QED) is 0.428. The molecule has 0 unspecified atom stereocenters. The molecule has 0 saturated carbocycles. The van der Waals surface area contributed by atoms with Gasteiger partial charge in [-0.05, 0) is 54.4 Å². The highest BCUT2D eigenvalue weighted by Crippen LogP contribution is 2.40. The zero-order valence-corrected chi connectivity index (χ0v) is 12.5. The Morgan fingerprint density at radius 3 is 2.50 bits per heavy atom. The normalized spacial score (nSPS) is 26.7. The molecule has 1 aliphatic rings. The summed E-state index contributed by atoms with van der Waals surface area (Å²) < 4.78 is 10.9. The zero-order valence-electron chi connectivity index (χ0n) is 12.5. The van der Waals surface area contributed by atoms with E-state index in [2.05, 4.69) is 26.8 Å². The van der Waals surface area contributed by atoms with Gasteiger partial charge in [-0.3, -0.25) is 4.79 Å². The van der Waals surface area contributed by atoms with E-state index in [0.29, 0.717) is 6.61 Å². The van der Waals surface area contributed by atoms with Crippen molar-refractivity contribution in [2.45, 2.75) is 66.1 Å². The average Bonchev–Trinajstić information content (AvgIpc) is 2.84. The fourth-order valence-corrected chi connectivity index (χ4v) is 1.74. The topological polar surface area (TPSA) is 38.8 Å². The molecule has 3 heteroatoms. The first-order valence-corrected chi connectivity index (χ1v) is 6.63. The molecule has 1 rings (SSSR count). The third-order valence-electron chi connectivity index (χ3n) is 3.21. The lowest BCUT2D eigenvalue weighted by molar-refractivity contribution is -0.153. The summed E-state index contributed by atoms with van der Waals surface area (Å²) in [5, 5.41) is 0. The molecule has 0 radical (unpaired) electrons. The minimum atomic E-state index is -0.437. The molecule has 1 aliphatic heterocycles. The van der Waals surface area contributed by atoms with Gasteiger partial charge in [-0.1, -0.05) is 11.6 Å². The average molecular weight is 254 g/mol. The zero-order chi connectivity index (χ0) is 14.0. The smallest absolute Gasteiger partial charge is 0.311 e. The molecule has 0 aromatic heterocycles. The highest BCUT2D eigenvalue weighted by molar-refractivity contribution is 5.75. The van der Waals surface area contributed by atoms with Gasteiger partial charge in [-0.2, -0.15) is 0 Å². The Balaban J connectivity index is 2.28. The summed E-state index contributed by atoms with van der Waals surface area (Å²) in [7, 11) is 0. The lowest BCUT2D eigenvalue weighted by Gasteiger charge is -2.16. The van der Waals surface area contributed by atoms with Crippen LogP contribution in [0.4, 0.5) is 0 Å². The minimum absolute atomic E-state index is 0.0642. The van der Waals surface area contributed by atoms with Gasteiger partial charge in [0.2, 0.25) is 0 Å². The van der Waals surface area contributed by atoms with Gasteiger partial charge in [0.05, 0.1) is 11.0 Å². The molecule has 104 valence electrons. The Morgan fingerprint density at radius 2 is 2.00 bits per heavy atom. The molecule has 1 fully saturated rings. The second-order valence-electron chi connectivity index (χ2n) is 6.59. The molecule has 1 saturated heterocycles. The van der Waals surface area contributed by atoms with Crippen LogP contribution in [0.2, 0.25) is 0 Å². The molecule has 0 aliphatic carbocycles. The fraction of sp³-hybridized carbons (Fsp3) is 0.800.